The summed E-state index contributed by atoms with van der Waals surface area (Å²) in [5.74, 6) is 1.51. The summed E-state index contributed by atoms with van der Waals surface area (Å²) in [6.07, 6.45) is 0.879. The summed E-state index contributed by atoms with van der Waals surface area (Å²) >= 11 is 0. The Bertz CT molecular complexity index is 698. The molecule has 3 rings (SSSR count). The van der Waals surface area contributed by atoms with Gasteiger partial charge in [-0.3, -0.25) is 0 Å². The van der Waals surface area contributed by atoms with Crippen LogP contribution in [0.5, 0.6) is 11.5 Å². The number of nitrogens with one attached hydrogen (secondary N) is 2. The topological polar surface area (TPSA) is 59.6 Å². The Morgan fingerprint density at radius 1 is 0.917 bits per heavy atom. The van der Waals surface area contributed by atoms with Crippen LogP contribution in [0.4, 0.5) is 4.79 Å². The SMILES string of the molecule is Cc1ccc(CNC(=O)NCc2ccc3c(c2)OCCCO3)cc1. The van der Waals surface area contributed by atoms with Crippen LogP contribution < -0.4 is 20.1 Å². The highest BCUT2D eigenvalue weighted by atomic mass is 16.5. The molecule has 0 saturated heterocycles. The molecule has 24 heavy (non-hydrogen) atoms. The first kappa shape index (κ1) is 16.2. The summed E-state index contributed by atoms with van der Waals surface area (Å²) in [6, 6.07) is 13.7. The van der Waals surface area contributed by atoms with E-state index < -0.39 is 0 Å². The number of carbonyl (C=O) groups is 1. The number of benzene rings is 2. The summed E-state index contributed by atoms with van der Waals surface area (Å²) < 4.78 is 11.3. The van der Waals surface area contributed by atoms with Crippen LogP contribution in [0.15, 0.2) is 42.5 Å². The molecule has 1 aliphatic rings. The molecule has 0 spiro atoms. The van der Waals surface area contributed by atoms with E-state index in [9.17, 15) is 4.79 Å². The third kappa shape index (κ3) is 4.41. The van der Waals surface area contributed by atoms with Gasteiger partial charge in [0.25, 0.3) is 0 Å². The molecule has 0 aromatic heterocycles. The van der Waals surface area contributed by atoms with E-state index in [1.165, 1.54) is 5.56 Å². The van der Waals surface area contributed by atoms with Gasteiger partial charge < -0.3 is 20.1 Å². The van der Waals surface area contributed by atoms with Crippen molar-refractivity contribution in [2.75, 3.05) is 13.2 Å². The van der Waals surface area contributed by atoms with E-state index in [-0.39, 0.29) is 6.03 Å². The van der Waals surface area contributed by atoms with Gasteiger partial charge in [-0.2, -0.15) is 0 Å². The van der Waals surface area contributed by atoms with Crippen molar-refractivity contribution in [3.05, 3.63) is 59.2 Å². The van der Waals surface area contributed by atoms with Gasteiger partial charge in [0.05, 0.1) is 13.2 Å². The fourth-order valence-electron chi connectivity index (χ4n) is 2.45. The lowest BCUT2D eigenvalue weighted by molar-refractivity contribution is 0.240. The smallest absolute Gasteiger partial charge is 0.315 e. The second-order valence-corrected chi connectivity index (χ2v) is 5.85. The number of hydrogen-bond acceptors (Lipinski definition) is 3. The zero-order valence-corrected chi connectivity index (χ0v) is 13.8. The van der Waals surface area contributed by atoms with Gasteiger partial charge in [0.1, 0.15) is 0 Å². The Morgan fingerprint density at radius 3 is 2.29 bits per heavy atom. The van der Waals surface area contributed by atoms with Crippen LogP contribution in [0.3, 0.4) is 0 Å². The zero-order valence-electron chi connectivity index (χ0n) is 13.8. The van der Waals surface area contributed by atoms with Gasteiger partial charge in [0, 0.05) is 19.5 Å². The van der Waals surface area contributed by atoms with Crippen LogP contribution in [0.2, 0.25) is 0 Å². The minimum atomic E-state index is -0.192. The van der Waals surface area contributed by atoms with Gasteiger partial charge >= 0.3 is 6.03 Å². The molecule has 1 heterocycles. The van der Waals surface area contributed by atoms with Gasteiger partial charge in [0.2, 0.25) is 0 Å². The molecule has 2 aromatic rings. The summed E-state index contributed by atoms with van der Waals surface area (Å²) in [7, 11) is 0. The van der Waals surface area contributed by atoms with Crippen molar-refractivity contribution in [2.45, 2.75) is 26.4 Å². The molecule has 0 fully saturated rings. The number of carbonyl (C=O) groups excluding carboxylic acids is 1. The highest BCUT2D eigenvalue weighted by Gasteiger charge is 2.11. The van der Waals surface area contributed by atoms with E-state index in [0.717, 1.165) is 29.0 Å². The van der Waals surface area contributed by atoms with Crippen LogP contribution in [0.1, 0.15) is 23.1 Å². The molecule has 2 aromatic carbocycles. The second kappa shape index (κ2) is 7.73. The number of fused-ring (bicyclic) bond motifs is 1. The third-order valence-corrected chi connectivity index (χ3v) is 3.84. The van der Waals surface area contributed by atoms with Crippen LogP contribution in [-0.4, -0.2) is 19.2 Å². The molecule has 0 unspecified atom stereocenters. The number of urea groups is 1. The van der Waals surface area contributed by atoms with E-state index in [1.54, 1.807) is 0 Å². The molecule has 0 atom stereocenters. The lowest BCUT2D eigenvalue weighted by Crippen LogP contribution is -2.34. The number of hydrogen-bond donors (Lipinski definition) is 2. The summed E-state index contributed by atoms with van der Waals surface area (Å²) in [5, 5.41) is 5.71. The first-order valence-electron chi connectivity index (χ1n) is 8.16. The van der Waals surface area contributed by atoms with E-state index in [0.29, 0.717) is 26.3 Å². The minimum absolute atomic E-state index is 0.192. The largest absolute Gasteiger partial charge is 0.490 e. The van der Waals surface area contributed by atoms with Gasteiger partial charge in [-0.05, 0) is 30.2 Å². The number of amides is 2. The Labute approximate surface area is 142 Å². The Hall–Kier alpha value is -2.69. The third-order valence-electron chi connectivity index (χ3n) is 3.84. The van der Waals surface area contributed by atoms with E-state index in [1.807, 2.05) is 49.4 Å². The van der Waals surface area contributed by atoms with E-state index in [4.69, 9.17) is 9.47 Å². The van der Waals surface area contributed by atoms with Crippen molar-refractivity contribution in [2.24, 2.45) is 0 Å². The van der Waals surface area contributed by atoms with Gasteiger partial charge in [-0.25, -0.2) is 4.79 Å². The van der Waals surface area contributed by atoms with Crippen molar-refractivity contribution in [3.63, 3.8) is 0 Å². The first-order chi connectivity index (χ1) is 11.7. The maximum absolute atomic E-state index is 11.9. The molecule has 2 amide bonds. The molecule has 2 N–H and O–H groups in total. The zero-order chi connectivity index (χ0) is 16.8. The summed E-state index contributed by atoms with van der Waals surface area (Å²) in [4.78, 5) is 11.9. The fraction of sp³-hybridized carbons (Fsp3) is 0.316. The molecular weight excluding hydrogens is 304 g/mol. The molecule has 126 valence electrons. The van der Waals surface area contributed by atoms with Crippen molar-refractivity contribution in [1.82, 2.24) is 10.6 Å². The highest BCUT2D eigenvalue weighted by Crippen LogP contribution is 2.30. The van der Waals surface area contributed by atoms with Gasteiger partial charge in [-0.15, -0.1) is 0 Å². The molecule has 5 heteroatoms. The first-order valence-corrected chi connectivity index (χ1v) is 8.16. The Balaban J connectivity index is 1.49. The average Bonchev–Trinajstić information content (AvgIpc) is 2.84. The summed E-state index contributed by atoms with van der Waals surface area (Å²) in [6.45, 7) is 4.32. The Kier molecular flexibility index (Phi) is 5.21. The van der Waals surface area contributed by atoms with E-state index >= 15 is 0 Å². The number of aryl methyl sites for hydroxylation is 1. The molecule has 0 radical (unpaired) electrons. The van der Waals surface area contributed by atoms with Crippen LogP contribution in [0, 0.1) is 6.92 Å². The van der Waals surface area contributed by atoms with Crippen molar-refractivity contribution in [3.8, 4) is 11.5 Å². The molecule has 0 saturated carbocycles. The fourth-order valence-corrected chi connectivity index (χ4v) is 2.45. The molecule has 0 bridgehead atoms. The monoisotopic (exact) mass is 326 g/mol. The van der Waals surface area contributed by atoms with Crippen LogP contribution in [-0.2, 0) is 13.1 Å². The predicted molar refractivity (Wildman–Crippen MR) is 92.3 cm³/mol. The lowest BCUT2D eigenvalue weighted by atomic mass is 10.1. The van der Waals surface area contributed by atoms with Crippen molar-refractivity contribution in [1.29, 1.82) is 0 Å². The standard InChI is InChI=1S/C19H22N2O3/c1-14-3-5-15(6-4-14)12-20-19(22)21-13-16-7-8-17-18(11-16)24-10-2-9-23-17/h3-8,11H,2,9-10,12-13H2,1H3,(H2,20,21,22). The van der Waals surface area contributed by atoms with Crippen LogP contribution >= 0.6 is 0 Å². The Morgan fingerprint density at radius 2 is 1.54 bits per heavy atom. The second-order valence-electron chi connectivity index (χ2n) is 5.85. The number of ether oxygens (including phenoxy) is 2. The maximum atomic E-state index is 11.9. The van der Waals surface area contributed by atoms with Crippen molar-refractivity contribution >= 4 is 6.03 Å². The normalized spacial score (nSPS) is 13.0. The molecule has 1 aliphatic heterocycles. The molecule has 5 nitrogen and oxygen atoms in total. The molecular formula is C19H22N2O3. The van der Waals surface area contributed by atoms with Crippen LogP contribution in [0.25, 0.3) is 0 Å². The van der Waals surface area contributed by atoms with Gasteiger partial charge in [-0.1, -0.05) is 35.9 Å². The average molecular weight is 326 g/mol. The quantitative estimate of drug-likeness (QED) is 0.907. The predicted octanol–water partition coefficient (Wildman–Crippen LogP) is 3.16. The van der Waals surface area contributed by atoms with E-state index in [2.05, 4.69) is 10.6 Å². The highest BCUT2D eigenvalue weighted by molar-refractivity contribution is 5.73. The van der Waals surface area contributed by atoms with Gasteiger partial charge in [0.15, 0.2) is 11.5 Å². The molecule has 0 aliphatic carbocycles. The maximum Gasteiger partial charge on any atom is 0.315 e. The number of rotatable bonds is 4. The minimum Gasteiger partial charge on any atom is -0.490 e. The lowest BCUT2D eigenvalue weighted by Gasteiger charge is -2.11. The summed E-state index contributed by atoms with van der Waals surface area (Å²) in [5.41, 5.74) is 3.26. The van der Waals surface area contributed by atoms with Crippen molar-refractivity contribution < 1.29 is 14.3 Å².